The van der Waals surface area contributed by atoms with Crippen molar-refractivity contribution in [3.8, 4) is 5.69 Å². The van der Waals surface area contributed by atoms with Crippen LogP contribution in [0, 0.1) is 12.7 Å². The van der Waals surface area contributed by atoms with Crippen LogP contribution in [-0.2, 0) is 6.42 Å². The lowest BCUT2D eigenvalue weighted by molar-refractivity contribution is 0.615. The fourth-order valence-electron chi connectivity index (χ4n) is 2.07. The van der Waals surface area contributed by atoms with Crippen molar-refractivity contribution in [2.75, 3.05) is 0 Å². The Kier molecular flexibility index (Phi) is 4.09. The SMILES string of the molecule is CCCc1c(Cl)[nH]c(=O)n(-c2cccc(F)c2C)c1=O. The minimum atomic E-state index is -0.673. The molecule has 0 bridgehead atoms. The van der Waals surface area contributed by atoms with Gasteiger partial charge in [-0.15, -0.1) is 0 Å². The first-order valence-corrected chi connectivity index (χ1v) is 6.64. The van der Waals surface area contributed by atoms with Crippen molar-refractivity contribution in [3.05, 3.63) is 61.1 Å². The minimum Gasteiger partial charge on any atom is -0.297 e. The number of nitrogens with zero attached hydrogens (tertiary/aromatic N) is 1. The molecule has 6 heteroatoms. The van der Waals surface area contributed by atoms with Crippen LogP contribution >= 0.6 is 11.6 Å². The molecule has 1 heterocycles. The smallest absolute Gasteiger partial charge is 0.297 e. The van der Waals surface area contributed by atoms with E-state index in [9.17, 15) is 14.0 Å². The van der Waals surface area contributed by atoms with Crippen LogP contribution in [0.2, 0.25) is 5.15 Å². The predicted molar refractivity (Wildman–Crippen MR) is 76.4 cm³/mol. The molecule has 0 saturated heterocycles. The molecule has 4 nitrogen and oxygen atoms in total. The fourth-order valence-corrected chi connectivity index (χ4v) is 2.33. The van der Waals surface area contributed by atoms with E-state index in [0.29, 0.717) is 18.4 Å². The highest BCUT2D eigenvalue weighted by Crippen LogP contribution is 2.15. The highest BCUT2D eigenvalue weighted by atomic mass is 35.5. The van der Waals surface area contributed by atoms with E-state index >= 15 is 0 Å². The second-order valence-electron chi connectivity index (χ2n) is 4.50. The molecule has 1 N–H and O–H groups in total. The molecule has 20 heavy (non-hydrogen) atoms. The molecule has 0 atom stereocenters. The first-order valence-electron chi connectivity index (χ1n) is 6.26. The Morgan fingerprint density at radius 3 is 2.70 bits per heavy atom. The van der Waals surface area contributed by atoms with Crippen molar-refractivity contribution in [2.24, 2.45) is 0 Å². The van der Waals surface area contributed by atoms with Gasteiger partial charge in [0.25, 0.3) is 5.56 Å². The van der Waals surface area contributed by atoms with Crippen LogP contribution in [0.1, 0.15) is 24.5 Å². The van der Waals surface area contributed by atoms with Crippen molar-refractivity contribution in [1.82, 2.24) is 9.55 Å². The molecule has 2 rings (SSSR count). The van der Waals surface area contributed by atoms with E-state index in [0.717, 1.165) is 4.57 Å². The average molecular weight is 297 g/mol. The third kappa shape index (κ3) is 2.41. The summed E-state index contributed by atoms with van der Waals surface area (Å²) in [4.78, 5) is 26.8. The van der Waals surface area contributed by atoms with E-state index in [1.807, 2.05) is 6.92 Å². The van der Waals surface area contributed by atoms with E-state index < -0.39 is 17.1 Å². The first kappa shape index (κ1) is 14.5. The van der Waals surface area contributed by atoms with E-state index in [2.05, 4.69) is 4.98 Å². The Labute approximate surface area is 119 Å². The third-order valence-electron chi connectivity index (χ3n) is 3.13. The lowest BCUT2D eigenvalue weighted by Crippen LogP contribution is -2.36. The van der Waals surface area contributed by atoms with Gasteiger partial charge in [-0.1, -0.05) is 31.0 Å². The average Bonchev–Trinajstić information content (AvgIpc) is 2.39. The highest BCUT2D eigenvalue weighted by molar-refractivity contribution is 6.30. The van der Waals surface area contributed by atoms with Crippen molar-refractivity contribution in [2.45, 2.75) is 26.7 Å². The van der Waals surface area contributed by atoms with Crippen molar-refractivity contribution < 1.29 is 4.39 Å². The number of hydrogen-bond acceptors (Lipinski definition) is 2. The molecule has 0 radical (unpaired) electrons. The number of aromatic amines is 1. The molecule has 0 aliphatic rings. The van der Waals surface area contributed by atoms with Gasteiger partial charge in [-0.05, 0) is 25.5 Å². The zero-order valence-corrected chi connectivity index (χ0v) is 11.9. The predicted octanol–water partition coefficient (Wildman–Crippen LogP) is 2.58. The van der Waals surface area contributed by atoms with Crippen LogP contribution < -0.4 is 11.2 Å². The maximum atomic E-state index is 13.6. The maximum absolute atomic E-state index is 13.6. The zero-order chi connectivity index (χ0) is 14.9. The Bertz CT molecular complexity index is 765. The Hall–Kier alpha value is -1.88. The summed E-state index contributed by atoms with van der Waals surface area (Å²) in [7, 11) is 0. The number of nitrogens with one attached hydrogen (secondary N) is 1. The largest absolute Gasteiger partial charge is 0.334 e. The van der Waals surface area contributed by atoms with Crippen LogP contribution in [0.15, 0.2) is 27.8 Å². The van der Waals surface area contributed by atoms with Gasteiger partial charge < -0.3 is 0 Å². The molecule has 0 spiro atoms. The lowest BCUT2D eigenvalue weighted by Gasteiger charge is -2.11. The second kappa shape index (κ2) is 5.63. The van der Waals surface area contributed by atoms with Crippen LogP contribution in [-0.4, -0.2) is 9.55 Å². The van der Waals surface area contributed by atoms with Crippen LogP contribution in [0.3, 0.4) is 0 Å². The standard InChI is InChI=1S/C14H14ClFN2O2/c1-3-5-9-12(15)17-14(20)18(13(9)19)11-7-4-6-10(16)8(11)2/h4,6-7H,3,5H2,1-2H3,(H,17,20). The van der Waals surface area contributed by atoms with Crippen molar-refractivity contribution in [3.63, 3.8) is 0 Å². The first-order chi connectivity index (χ1) is 9.47. The number of hydrogen-bond donors (Lipinski definition) is 1. The van der Waals surface area contributed by atoms with Gasteiger partial charge in [0.2, 0.25) is 0 Å². The second-order valence-corrected chi connectivity index (χ2v) is 4.88. The monoisotopic (exact) mass is 296 g/mol. The molecule has 0 saturated carbocycles. The van der Waals surface area contributed by atoms with Gasteiger partial charge in [-0.3, -0.25) is 9.78 Å². The molecule has 106 valence electrons. The Morgan fingerprint density at radius 2 is 2.05 bits per heavy atom. The van der Waals surface area contributed by atoms with E-state index in [1.54, 1.807) is 0 Å². The molecule has 1 aromatic carbocycles. The molecular weight excluding hydrogens is 283 g/mol. The van der Waals surface area contributed by atoms with Gasteiger partial charge in [0.15, 0.2) is 0 Å². The van der Waals surface area contributed by atoms with E-state index in [1.165, 1.54) is 25.1 Å². The molecule has 0 aliphatic heterocycles. The number of aromatic nitrogens is 2. The van der Waals surface area contributed by atoms with Crippen LogP contribution in [0.25, 0.3) is 5.69 Å². The summed E-state index contributed by atoms with van der Waals surface area (Å²) in [6.45, 7) is 3.42. The fraction of sp³-hybridized carbons (Fsp3) is 0.286. The quantitative estimate of drug-likeness (QED) is 0.885. The maximum Gasteiger partial charge on any atom is 0.334 e. The van der Waals surface area contributed by atoms with Gasteiger partial charge in [0, 0.05) is 5.56 Å². The summed E-state index contributed by atoms with van der Waals surface area (Å²) in [5.74, 6) is -0.471. The normalized spacial score (nSPS) is 10.8. The molecule has 2 aromatic rings. The van der Waals surface area contributed by atoms with Crippen molar-refractivity contribution >= 4 is 11.6 Å². The van der Waals surface area contributed by atoms with Gasteiger partial charge in [-0.2, -0.15) is 0 Å². The summed E-state index contributed by atoms with van der Waals surface area (Å²) in [5.41, 5.74) is -0.379. The molecule has 0 aliphatic carbocycles. The summed E-state index contributed by atoms with van der Waals surface area (Å²) in [6.07, 6.45) is 1.16. The number of rotatable bonds is 3. The molecule has 1 aromatic heterocycles. The summed E-state index contributed by atoms with van der Waals surface area (Å²) < 4.78 is 14.5. The molecule has 0 fully saturated rings. The minimum absolute atomic E-state index is 0.0483. The van der Waals surface area contributed by atoms with E-state index in [-0.39, 0.29) is 16.4 Å². The molecular formula is C14H14ClFN2O2. The van der Waals surface area contributed by atoms with Crippen LogP contribution in [0.4, 0.5) is 4.39 Å². The van der Waals surface area contributed by atoms with Gasteiger partial charge in [-0.25, -0.2) is 13.8 Å². The highest BCUT2D eigenvalue weighted by Gasteiger charge is 2.15. The molecule has 0 amide bonds. The van der Waals surface area contributed by atoms with Gasteiger partial charge in [0.05, 0.1) is 11.3 Å². The Balaban J connectivity index is 2.81. The lowest BCUT2D eigenvalue weighted by atomic mass is 10.1. The van der Waals surface area contributed by atoms with Gasteiger partial charge in [0.1, 0.15) is 11.0 Å². The van der Waals surface area contributed by atoms with Crippen molar-refractivity contribution in [1.29, 1.82) is 0 Å². The number of H-pyrrole nitrogens is 1. The zero-order valence-electron chi connectivity index (χ0n) is 11.2. The van der Waals surface area contributed by atoms with Crippen LogP contribution in [0.5, 0.6) is 0 Å². The summed E-state index contributed by atoms with van der Waals surface area (Å²) in [5, 5.41) is 0.0483. The van der Waals surface area contributed by atoms with Gasteiger partial charge >= 0.3 is 5.69 Å². The van der Waals surface area contributed by atoms with E-state index in [4.69, 9.17) is 11.6 Å². The number of halogens is 2. The topological polar surface area (TPSA) is 54.9 Å². The summed E-state index contributed by atoms with van der Waals surface area (Å²) in [6, 6.07) is 4.26. The summed E-state index contributed by atoms with van der Waals surface area (Å²) >= 11 is 5.90. The third-order valence-corrected chi connectivity index (χ3v) is 3.45. The molecule has 0 unspecified atom stereocenters. The number of benzene rings is 1. The Morgan fingerprint density at radius 1 is 1.35 bits per heavy atom.